The molecule has 0 saturated carbocycles. The highest BCUT2D eigenvalue weighted by atomic mass is 14.9. The van der Waals surface area contributed by atoms with Gasteiger partial charge in [0, 0.05) is 11.0 Å². The molecule has 1 saturated heterocycles. The van der Waals surface area contributed by atoms with Crippen molar-refractivity contribution in [2.24, 2.45) is 0 Å². The highest BCUT2D eigenvalue weighted by Gasteiger charge is 1.93. The Morgan fingerprint density at radius 2 is 2.50 bits per heavy atom. The van der Waals surface area contributed by atoms with Crippen LogP contribution in [0.4, 0.5) is 0 Å². The Morgan fingerprint density at radius 3 is 3.50 bits per heavy atom. The van der Waals surface area contributed by atoms with Gasteiger partial charge in [-0.25, -0.2) is 0 Å². The lowest BCUT2D eigenvalue weighted by Gasteiger charge is -2.08. The maximum absolute atomic E-state index is 7.34. The molecule has 6 heavy (non-hydrogen) atoms. The smallest absolute Gasteiger partial charge is 0.122 e. The van der Waals surface area contributed by atoms with Gasteiger partial charge in [0.2, 0.25) is 0 Å². The summed E-state index contributed by atoms with van der Waals surface area (Å²) in [5, 5.41) is 0.119. The Morgan fingerprint density at radius 1 is 1.50 bits per heavy atom. The first-order chi connectivity index (χ1) is 6.38. The van der Waals surface area contributed by atoms with Crippen molar-refractivity contribution in [2.75, 3.05) is 13.0 Å². The van der Waals surface area contributed by atoms with E-state index in [1.54, 1.807) is 0 Å². The van der Waals surface area contributed by atoms with E-state index in [2.05, 4.69) is 0 Å². The number of hydrogen-bond acceptors (Lipinski definition) is 1. The summed E-state index contributed by atoms with van der Waals surface area (Å²) in [6.45, 7) is -3.67. The van der Waals surface area contributed by atoms with Crippen molar-refractivity contribution < 1.29 is 12.4 Å². The molecule has 0 unspecified atom stereocenters. The van der Waals surface area contributed by atoms with Crippen LogP contribution in [0.15, 0.2) is 0 Å². The molecule has 0 aromatic heterocycles. The van der Waals surface area contributed by atoms with Crippen LogP contribution in [0.3, 0.4) is 0 Å². The van der Waals surface area contributed by atoms with E-state index in [0.717, 1.165) is 0 Å². The molecule has 0 aromatic rings. The highest BCUT2D eigenvalue weighted by Crippen LogP contribution is 1.96. The number of nitrogens with one attached hydrogen (secondary N) is 1. The molecular weight excluding hydrogens is 74.1 g/mol. The fourth-order valence-electron chi connectivity index (χ4n) is 0.230. The second-order valence-electron chi connectivity index (χ2n) is 0.855. The predicted octanol–water partition coefficient (Wildman–Crippen LogP) is 0.760. The Balaban J connectivity index is 3.30. The molecule has 1 N–H and O–H groups in total. The first kappa shape index (κ1) is 0.655. The molecule has 0 aromatic carbocycles. The van der Waals surface area contributed by atoms with Gasteiger partial charge in [-0.1, -0.05) is 6.37 Å². The third-order valence-electron chi connectivity index (χ3n) is 0.444. The SMILES string of the molecule is [2H]N1CC([2H])([2H])C([2H])([2H])C([2H])([2H])C1([2H])[2H]. The number of hydrogen-bond donors (Lipinski definition) is 1. The van der Waals surface area contributed by atoms with Gasteiger partial charge >= 0.3 is 0 Å². The quantitative estimate of drug-likeness (QED) is 0.467. The van der Waals surface area contributed by atoms with Crippen molar-refractivity contribution >= 4 is 0 Å². The van der Waals surface area contributed by atoms with Gasteiger partial charge in [-0.3, -0.25) is 0 Å². The van der Waals surface area contributed by atoms with E-state index in [1.807, 2.05) is 0 Å². The fraction of sp³-hybridized carbons (Fsp3) is 1.00. The van der Waals surface area contributed by atoms with E-state index >= 15 is 0 Å². The maximum atomic E-state index is 7.34. The summed E-state index contributed by atoms with van der Waals surface area (Å²) in [6, 6.07) is 0. The summed E-state index contributed by atoms with van der Waals surface area (Å²) in [5.74, 6) is 0. The van der Waals surface area contributed by atoms with Crippen molar-refractivity contribution in [3.05, 3.63) is 0 Å². The van der Waals surface area contributed by atoms with Crippen LogP contribution in [0.5, 0.6) is 0 Å². The van der Waals surface area contributed by atoms with Gasteiger partial charge in [-0.15, -0.1) is 0 Å². The van der Waals surface area contributed by atoms with Crippen LogP contribution in [0.25, 0.3) is 0 Å². The van der Waals surface area contributed by atoms with Crippen LogP contribution in [0, 0.1) is 0 Å². The van der Waals surface area contributed by atoms with E-state index in [0.29, 0.717) is 0 Å². The molecule has 0 spiro atoms. The molecule has 36 valence electrons. The van der Waals surface area contributed by atoms with Crippen LogP contribution in [0.2, 0.25) is 1.41 Å². The molecule has 0 atom stereocenters. The van der Waals surface area contributed by atoms with Crippen LogP contribution < -0.4 is 5.31 Å². The van der Waals surface area contributed by atoms with Gasteiger partial charge in [0.25, 0.3) is 0 Å². The van der Waals surface area contributed by atoms with Crippen LogP contribution >= 0.6 is 0 Å². The molecule has 0 aliphatic carbocycles. The predicted molar refractivity (Wildman–Crippen MR) is 26.7 cm³/mol. The molecule has 1 aliphatic heterocycles. The first-order valence-corrected chi connectivity index (χ1v) is 1.64. The molecule has 1 nitrogen and oxygen atoms in total. The topological polar surface area (TPSA) is 12.0 Å². The highest BCUT2D eigenvalue weighted by molar-refractivity contribution is 4.55. The second-order valence-corrected chi connectivity index (χ2v) is 0.855. The van der Waals surface area contributed by atoms with E-state index in [1.165, 1.54) is 0 Å². The Kier molecular flexibility index (Phi) is 0.239. The summed E-state index contributed by atoms with van der Waals surface area (Å²) >= 11 is 0. The fourth-order valence-corrected chi connectivity index (χ4v) is 0.230. The molecule has 1 heteroatoms. The molecule has 1 rings (SSSR count). The molecule has 1 heterocycles. The maximum Gasteiger partial charge on any atom is 0.122 e. The van der Waals surface area contributed by atoms with Gasteiger partial charge in [0.15, 0.2) is 0 Å². The summed E-state index contributed by atoms with van der Waals surface area (Å²) in [7, 11) is 0. The minimum Gasteiger partial charge on any atom is -0.317 e. The Labute approximate surface area is 51.4 Å². The zero-order chi connectivity index (χ0) is 12.3. The second kappa shape index (κ2) is 2.19. The normalized spacial score (nSPS) is 83.0. The lowest BCUT2D eigenvalue weighted by atomic mass is 10.2. The largest absolute Gasteiger partial charge is 0.317 e. The van der Waals surface area contributed by atoms with Crippen molar-refractivity contribution in [1.82, 2.24) is 5.31 Å². The number of piperidine rings is 1. The molecule has 0 amide bonds. The van der Waals surface area contributed by atoms with Crippen molar-refractivity contribution in [1.29, 1.82) is 0 Å². The summed E-state index contributed by atoms with van der Waals surface area (Å²) in [6.07, 6.45) is -8.69. The zero-order valence-electron chi connectivity index (χ0n) is 12.2. The Hall–Kier alpha value is -0.0400. The van der Waals surface area contributed by atoms with Gasteiger partial charge < -0.3 is 5.31 Å². The van der Waals surface area contributed by atoms with Crippen LogP contribution in [-0.2, 0) is 0 Å². The lowest BCUT2D eigenvalue weighted by molar-refractivity contribution is 0.520. The average molecular weight is 94.2 g/mol. The minimum atomic E-state index is -3.09. The summed E-state index contributed by atoms with van der Waals surface area (Å²) < 4.78 is 65.7. The monoisotopic (exact) mass is 94.1 g/mol. The van der Waals surface area contributed by atoms with E-state index in [4.69, 9.17) is 12.4 Å². The third-order valence-corrected chi connectivity index (χ3v) is 0.444. The summed E-state index contributed by atoms with van der Waals surface area (Å²) in [5.41, 5.74) is 0. The van der Waals surface area contributed by atoms with Crippen molar-refractivity contribution in [2.45, 2.75) is 19.1 Å². The third kappa shape index (κ3) is 0.977. The van der Waals surface area contributed by atoms with E-state index in [9.17, 15) is 0 Å². The van der Waals surface area contributed by atoms with E-state index in [-0.39, 0.29) is 5.31 Å². The van der Waals surface area contributed by atoms with Crippen LogP contribution in [0.1, 0.15) is 30.1 Å². The minimum absolute atomic E-state index is 0.119. The first-order valence-electron chi connectivity index (χ1n) is 6.09. The van der Waals surface area contributed by atoms with E-state index < -0.39 is 32.2 Å². The molecular formula is C5H11N. The zero-order valence-corrected chi connectivity index (χ0v) is 3.15. The van der Waals surface area contributed by atoms with Gasteiger partial charge in [0.1, 0.15) is 1.41 Å². The van der Waals surface area contributed by atoms with Crippen LogP contribution in [-0.4, -0.2) is 13.0 Å². The average Bonchev–Trinajstić information content (AvgIpc) is 2.00. The molecule has 1 aliphatic rings. The molecule has 0 bridgehead atoms. The standard InChI is InChI=1S/C5H11N/c1-2-4-6-5-3-1/h6H,1-5H2/i1D2,2D2,3D2,4D2/hD. The Bertz CT molecular complexity index is 272. The van der Waals surface area contributed by atoms with Crippen molar-refractivity contribution in [3.8, 4) is 0 Å². The lowest BCUT2D eigenvalue weighted by Crippen LogP contribution is -2.21. The molecule has 1 fully saturated rings. The summed E-state index contributed by atoms with van der Waals surface area (Å²) in [4.78, 5) is 0. The molecule has 0 radical (unpaired) electrons. The van der Waals surface area contributed by atoms with Gasteiger partial charge in [-0.05, 0) is 25.8 Å². The van der Waals surface area contributed by atoms with Crippen molar-refractivity contribution in [3.63, 3.8) is 0 Å². The van der Waals surface area contributed by atoms with Gasteiger partial charge in [0.05, 0.1) is 0 Å². The van der Waals surface area contributed by atoms with Gasteiger partial charge in [-0.2, -0.15) is 0 Å². The number of rotatable bonds is 0.